The van der Waals surface area contributed by atoms with E-state index in [1.807, 2.05) is 6.92 Å². The zero-order valence-corrected chi connectivity index (χ0v) is 10.0. The summed E-state index contributed by atoms with van der Waals surface area (Å²) in [4.78, 5) is 15.4. The molecule has 0 saturated carbocycles. The maximum absolute atomic E-state index is 11.6. The monoisotopic (exact) mass is 250 g/mol. The molecule has 0 bridgehead atoms. The predicted molar refractivity (Wildman–Crippen MR) is 64.5 cm³/mol. The molecule has 0 aliphatic rings. The Kier molecular flexibility index (Phi) is 3.44. The van der Waals surface area contributed by atoms with Gasteiger partial charge in [-0.2, -0.15) is 0 Å². The molecule has 4 nitrogen and oxygen atoms in total. The van der Waals surface area contributed by atoms with E-state index in [0.717, 1.165) is 5.56 Å². The molecule has 0 N–H and O–H groups in total. The second-order valence-corrected chi connectivity index (χ2v) is 3.97. The first-order valence-electron chi connectivity index (χ1n) is 5.07. The van der Waals surface area contributed by atoms with Gasteiger partial charge < -0.3 is 4.74 Å². The lowest BCUT2D eigenvalue weighted by molar-refractivity contribution is 0.0837. The quantitative estimate of drug-likeness (QED) is 0.841. The fourth-order valence-electron chi connectivity index (χ4n) is 1.33. The van der Waals surface area contributed by atoms with Crippen LogP contribution in [0, 0.1) is 6.92 Å². The van der Waals surface area contributed by atoms with Gasteiger partial charge in [-0.3, -0.25) is 9.36 Å². The molecule has 0 unspecified atom stereocenters. The summed E-state index contributed by atoms with van der Waals surface area (Å²) < 4.78 is 6.75. The van der Waals surface area contributed by atoms with Gasteiger partial charge in [-0.25, -0.2) is 4.98 Å². The zero-order valence-electron chi connectivity index (χ0n) is 9.26. The van der Waals surface area contributed by atoms with Gasteiger partial charge in [0.1, 0.15) is 12.1 Å². The molecule has 2 rings (SSSR count). The van der Waals surface area contributed by atoms with Gasteiger partial charge in [-0.15, -0.1) is 0 Å². The highest BCUT2D eigenvalue weighted by Crippen LogP contribution is 2.20. The molecule has 0 saturated heterocycles. The standard InChI is InChI=1S/C12H11ClN2O2/c1-9-6-10(2-3-11(9)13)17-7-12(16)15-5-4-14-8-15/h2-6,8H,7H2,1H3. The van der Waals surface area contributed by atoms with Crippen LogP contribution < -0.4 is 4.74 Å². The minimum atomic E-state index is -0.171. The highest BCUT2D eigenvalue weighted by molar-refractivity contribution is 6.31. The van der Waals surface area contributed by atoms with Crippen molar-refractivity contribution in [2.75, 3.05) is 6.61 Å². The van der Waals surface area contributed by atoms with E-state index >= 15 is 0 Å². The normalized spacial score (nSPS) is 10.2. The number of carbonyl (C=O) groups is 1. The lowest BCUT2D eigenvalue weighted by Gasteiger charge is -2.07. The molecular weight excluding hydrogens is 240 g/mol. The van der Waals surface area contributed by atoms with Crippen molar-refractivity contribution >= 4 is 17.5 Å². The summed E-state index contributed by atoms with van der Waals surface area (Å²) in [7, 11) is 0. The second-order valence-electron chi connectivity index (χ2n) is 3.56. The number of imidazole rings is 1. The van der Waals surface area contributed by atoms with E-state index in [4.69, 9.17) is 16.3 Å². The number of carbonyl (C=O) groups excluding carboxylic acids is 1. The summed E-state index contributed by atoms with van der Waals surface area (Å²) in [5.41, 5.74) is 0.916. The summed E-state index contributed by atoms with van der Waals surface area (Å²) in [6.45, 7) is 1.85. The lowest BCUT2D eigenvalue weighted by Crippen LogP contribution is -2.17. The van der Waals surface area contributed by atoms with E-state index in [2.05, 4.69) is 4.98 Å². The van der Waals surface area contributed by atoms with Crippen LogP contribution in [0.3, 0.4) is 0 Å². The number of rotatable bonds is 3. The van der Waals surface area contributed by atoms with Gasteiger partial charge in [0, 0.05) is 17.4 Å². The molecule has 1 heterocycles. The van der Waals surface area contributed by atoms with Crippen LogP contribution in [0.15, 0.2) is 36.9 Å². The number of aryl methyl sites for hydroxylation is 1. The van der Waals surface area contributed by atoms with Crippen molar-refractivity contribution in [3.63, 3.8) is 0 Å². The first kappa shape index (κ1) is 11.7. The Morgan fingerprint density at radius 2 is 2.35 bits per heavy atom. The highest BCUT2D eigenvalue weighted by Gasteiger charge is 2.05. The van der Waals surface area contributed by atoms with E-state index in [1.54, 1.807) is 30.6 Å². The molecule has 88 valence electrons. The number of nitrogens with zero attached hydrogens (tertiary/aromatic N) is 2. The lowest BCUT2D eigenvalue weighted by atomic mass is 10.2. The number of halogens is 1. The fraction of sp³-hybridized carbons (Fsp3) is 0.167. The number of ether oxygens (including phenoxy) is 1. The van der Waals surface area contributed by atoms with Gasteiger partial charge in [-0.05, 0) is 30.7 Å². The Morgan fingerprint density at radius 3 is 3.00 bits per heavy atom. The van der Waals surface area contributed by atoms with Gasteiger partial charge in [0.2, 0.25) is 0 Å². The van der Waals surface area contributed by atoms with Crippen LogP contribution >= 0.6 is 11.6 Å². The van der Waals surface area contributed by atoms with Crippen LogP contribution in [0.1, 0.15) is 10.4 Å². The van der Waals surface area contributed by atoms with E-state index < -0.39 is 0 Å². The molecule has 0 aliphatic heterocycles. The van der Waals surface area contributed by atoms with Crippen molar-refractivity contribution in [3.05, 3.63) is 47.5 Å². The molecule has 0 fully saturated rings. The number of hydrogen-bond donors (Lipinski definition) is 0. The van der Waals surface area contributed by atoms with Crippen LogP contribution in [0.4, 0.5) is 0 Å². The van der Waals surface area contributed by atoms with Crippen molar-refractivity contribution in [1.82, 2.24) is 9.55 Å². The third-order valence-electron chi connectivity index (χ3n) is 2.28. The maximum Gasteiger partial charge on any atom is 0.269 e. The van der Waals surface area contributed by atoms with Crippen molar-refractivity contribution < 1.29 is 9.53 Å². The molecule has 0 amide bonds. The average molecular weight is 251 g/mol. The molecule has 5 heteroatoms. The van der Waals surface area contributed by atoms with Crippen LogP contribution in [0.2, 0.25) is 5.02 Å². The third-order valence-corrected chi connectivity index (χ3v) is 2.71. The zero-order chi connectivity index (χ0) is 12.3. The van der Waals surface area contributed by atoms with Crippen LogP contribution in [0.25, 0.3) is 0 Å². The Bertz CT molecular complexity index is 523. The van der Waals surface area contributed by atoms with E-state index in [1.165, 1.54) is 10.9 Å². The van der Waals surface area contributed by atoms with Crippen molar-refractivity contribution in [3.8, 4) is 5.75 Å². The smallest absolute Gasteiger partial charge is 0.269 e. The largest absolute Gasteiger partial charge is 0.484 e. The highest BCUT2D eigenvalue weighted by atomic mass is 35.5. The Labute approximate surface area is 104 Å². The average Bonchev–Trinajstić information content (AvgIpc) is 2.84. The Morgan fingerprint density at radius 1 is 1.53 bits per heavy atom. The van der Waals surface area contributed by atoms with Crippen molar-refractivity contribution in [2.24, 2.45) is 0 Å². The van der Waals surface area contributed by atoms with Gasteiger partial charge >= 0.3 is 0 Å². The minimum absolute atomic E-state index is 0.0303. The number of aromatic nitrogens is 2. The van der Waals surface area contributed by atoms with E-state index in [0.29, 0.717) is 10.8 Å². The minimum Gasteiger partial charge on any atom is -0.484 e. The number of benzene rings is 1. The van der Waals surface area contributed by atoms with Crippen molar-refractivity contribution in [2.45, 2.75) is 6.92 Å². The van der Waals surface area contributed by atoms with E-state index in [-0.39, 0.29) is 12.5 Å². The molecular formula is C12H11ClN2O2. The van der Waals surface area contributed by atoms with Crippen LogP contribution in [-0.2, 0) is 0 Å². The van der Waals surface area contributed by atoms with E-state index in [9.17, 15) is 4.79 Å². The summed E-state index contributed by atoms with van der Waals surface area (Å²) in [5, 5.41) is 0.679. The molecule has 17 heavy (non-hydrogen) atoms. The SMILES string of the molecule is Cc1cc(OCC(=O)n2ccnc2)ccc1Cl. The summed E-state index contributed by atoms with van der Waals surface area (Å²) in [6.07, 6.45) is 4.57. The summed E-state index contributed by atoms with van der Waals surface area (Å²) in [6, 6.07) is 5.27. The molecule has 0 radical (unpaired) electrons. The van der Waals surface area contributed by atoms with Crippen LogP contribution in [-0.4, -0.2) is 22.1 Å². The van der Waals surface area contributed by atoms with Crippen molar-refractivity contribution in [1.29, 1.82) is 0 Å². The second kappa shape index (κ2) is 5.01. The molecule has 0 spiro atoms. The molecule has 0 aliphatic carbocycles. The topological polar surface area (TPSA) is 44.1 Å². The molecule has 1 aromatic carbocycles. The third kappa shape index (κ3) is 2.85. The molecule has 0 atom stereocenters. The van der Waals surface area contributed by atoms with Gasteiger partial charge in [0.05, 0.1) is 0 Å². The Hall–Kier alpha value is -1.81. The summed E-state index contributed by atoms with van der Waals surface area (Å²) in [5.74, 6) is 0.454. The van der Waals surface area contributed by atoms with Gasteiger partial charge in [0.15, 0.2) is 6.61 Å². The fourth-order valence-corrected chi connectivity index (χ4v) is 1.45. The van der Waals surface area contributed by atoms with Gasteiger partial charge in [0.25, 0.3) is 5.91 Å². The molecule has 2 aromatic rings. The molecule has 1 aromatic heterocycles. The number of hydrogen-bond acceptors (Lipinski definition) is 3. The maximum atomic E-state index is 11.6. The Balaban J connectivity index is 1.98. The van der Waals surface area contributed by atoms with Crippen LogP contribution in [0.5, 0.6) is 5.75 Å². The summed E-state index contributed by atoms with van der Waals surface area (Å²) >= 11 is 5.89. The first-order chi connectivity index (χ1) is 8.16. The first-order valence-corrected chi connectivity index (χ1v) is 5.45. The van der Waals surface area contributed by atoms with Gasteiger partial charge in [-0.1, -0.05) is 11.6 Å². The predicted octanol–water partition coefficient (Wildman–Crippen LogP) is 2.56.